The molecule has 0 bridgehead atoms. The molecule has 2 atom stereocenters. The molecule has 0 saturated heterocycles. The highest BCUT2D eigenvalue weighted by molar-refractivity contribution is 6.05. The molecule has 4 amide bonds. The molecule has 8 nitrogen and oxygen atoms in total. The van der Waals surface area contributed by atoms with Crippen LogP contribution >= 0.6 is 0 Å². The molecule has 0 saturated carbocycles. The number of ether oxygens (including phenoxy) is 1. The second kappa shape index (κ2) is 12.7. The van der Waals surface area contributed by atoms with Crippen LogP contribution in [0.1, 0.15) is 35.2 Å². The van der Waals surface area contributed by atoms with Gasteiger partial charge in [0.05, 0.1) is 23.9 Å². The average molecular weight is 601 g/mol. The lowest BCUT2D eigenvalue weighted by molar-refractivity contribution is -0.134. The molecule has 228 valence electrons. The van der Waals surface area contributed by atoms with Gasteiger partial charge in [-0.2, -0.15) is 0 Å². The first-order valence-corrected chi connectivity index (χ1v) is 15.2. The first-order chi connectivity index (χ1) is 21.8. The van der Waals surface area contributed by atoms with Crippen LogP contribution in [0.4, 0.5) is 10.5 Å². The van der Waals surface area contributed by atoms with Crippen molar-refractivity contribution in [1.29, 1.82) is 0 Å². The SMILES string of the molecule is CCN1C(=O)N[C@@H](c2cccc(Oc3ccccc3)c2)C2=C1CN([C@@H](Cc1ccccc1)C(=O)Nc1ccc(C)c(C)c1)C2=O. The zero-order valence-electron chi connectivity index (χ0n) is 25.6. The summed E-state index contributed by atoms with van der Waals surface area (Å²) in [7, 11) is 0. The van der Waals surface area contributed by atoms with Crippen molar-refractivity contribution in [2.24, 2.45) is 0 Å². The normalized spacial score (nSPS) is 16.7. The quantitative estimate of drug-likeness (QED) is 0.229. The Hall–Kier alpha value is -5.37. The number of anilines is 1. The number of rotatable bonds is 9. The van der Waals surface area contributed by atoms with Crippen LogP contribution in [-0.2, 0) is 16.0 Å². The Morgan fingerprint density at radius 2 is 1.60 bits per heavy atom. The van der Waals surface area contributed by atoms with Crippen LogP contribution in [-0.4, -0.2) is 46.8 Å². The summed E-state index contributed by atoms with van der Waals surface area (Å²) in [6.45, 7) is 6.42. The maximum absolute atomic E-state index is 14.4. The number of para-hydroxylation sites is 1. The summed E-state index contributed by atoms with van der Waals surface area (Å²) in [6, 6.07) is 30.5. The summed E-state index contributed by atoms with van der Waals surface area (Å²) in [6.07, 6.45) is 0.322. The molecule has 45 heavy (non-hydrogen) atoms. The minimum Gasteiger partial charge on any atom is -0.457 e. The first kappa shape index (κ1) is 29.7. The fourth-order valence-electron chi connectivity index (χ4n) is 5.96. The number of nitrogens with one attached hydrogen (secondary N) is 2. The predicted molar refractivity (Wildman–Crippen MR) is 174 cm³/mol. The molecule has 2 aliphatic rings. The van der Waals surface area contributed by atoms with Gasteiger partial charge in [0.25, 0.3) is 5.91 Å². The lowest BCUT2D eigenvalue weighted by Crippen LogP contribution is -2.47. The Morgan fingerprint density at radius 1 is 0.889 bits per heavy atom. The molecule has 6 rings (SSSR count). The van der Waals surface area contributed by atoms with Gasteiger partial charge < -0.3 is 20.3 Å². The van der Waals surface area contributed by atoms with Gasteiger partial charge in [0.15, 0.2) is 0 Å². The summed E-state index contributed by atoms with van der Waals surface area (Å²) in [5.41, 5.74) is 5.58. The molecular weight excluding hydrogens is 564 g/mol. The topological polar surface area (TPSA) is 91.0 Å². The summed E-state index contributed by atoms with van der Waals surface area (Å²) >= 11 is 0. The highest BCUT2D eigenvalue weighted by Crippen LogP contribution is 2.38. The smallest absolute Gasteiger partial charge is 0.322 e. The molecule has 2 aliphatic heterocycles. The van der Waals surface area contributed by atoms with Gasteiger partial charge in [0.2, 0.25) is 5.91 Å². The highest BCUT2D eigenvalue weighted by Gasteiger charge is 2.47. The van der Waals surface area contributed by atoms with E-state index >= 15 is 0 Å². The first-order valence-electron chi connectivity index (χ1n) is 15.2. The van der Waals surface area contributed by atoms with E-state index < -0.39 is 12.1 Å². The van der Waals surface area contributed by atoms with Crippen LogP contribution in [0, 0.1) is 13.8 Å². The lowest BCUT2D eigenvalue weighted by atomic mass is 9.95. The maximum atomic E-state index is 14.4. The van der Waals surface area contributed by atoms with Crippen LogP contribution in [0.15, 0.2) is 114 Å². The molecule has 0 radical (unpaired) electrons. The third kappa shape index (κ3) is 6.17. The number of likely N-dealkylation sites (N-methyl/N-ethyl adjacent to an activating group) is 1. The van der Waals surface area contributed by atoms with Crippen LogP contribution in [0.25, 0.3) is 0 Å². The van der Waals surface area contributed by atoms with Crippen molar-refractivity contribution in [2.45, 2.75) is 39.3 Å². The average Bonchev–Trinajstić information content (AvgIpc) is 3.38. The number of hydrogen-bond acceptors (Lipinski definition) is 4. The maximum Gasteiger partial charge on any atom is 0.322 e. The molecule has 2 heterocycles. The monoisotopic (exact) mass is 600 g/mol. The van der Waals surface area contributed by atoms with E-state index in [0.29, 0.717) is 41.4 Å². The third-order valence-electron chi connectivity index (χ3n) is 8.46. The fraction of sp³-hybridized carbons (Fsp3) is 0.216. The number of carbonyl (C=O) groups is 3. The Morgan fingerprint density at radius 3 is 2.31 bits per heavy atom. The van der Waals surface area contributed by atoms with Crippen molar-refractivity contribution in [3.8, 4) is 11.5 Å². The highest BCUT2D eigenvalue weighted by atomic mass is 16.5. The standard InChI is InChI=1S/C37H36N4O4/c1-4-40-32-23-41(31(21-26-12-7-5-8-13-26)35(42)38-28-19-18-24(2)25(3)20-28)36(43)33(32)34(39-37(40)44)27-14-11-17-30(22-27)45-29-15-9-6-10-16-29/h5-20,22,31,34H,4,21,23H2,1-3H3,(H,38,42)(H,39,44)/t31-,34-/m0/s1. The number of hydrogen-bond donors (Lipinski definition) is 2. The molecule has 8 heteroatoms. The molecule has 0 unspecified atom stereocenters. The molecule has 4 aromatic rings. The van der Waals surface area contributed by atoms with Crippen LogP contribution in [0.3, 0.4) is 0 Å². The minimum atomic E-state index is -0.811. The zero-order valence-corrected chi connectivity index (χ0v) is 25.6. The number of urea groups is 1. The van der Waals surface area contributed by atoms with E-state index in [9.17, 15) is 14.4 Å². The van der Waals surface area contributed by atoms with Crippen molar-refractivity contribution in [1.82, 2.24) is 15.1 Å². The van der Waals surface area contributed by atoms with Gasteiger partial charge in [0.1, 0.15) is 17.5 Å². The second-order valence-electron chi connectivity index (χ2n) is 11.4. The van der Waals surface area contributed by atoms with E-state index in [2.05, 4.69) is 10.6 Å². The second-order valence-corrected chi connectivity index (χ2v) is 11.4. The zero-order chi connectivity index (χ0) is 31.5. The number of aryl methyl sites for hydroxylation is 2. The molecule has 0 aliphatic carbocycles. The predicted octanol–water partition coefficient (Wildman–Crippen LogP) is 6.53. The third-order valence-corrected chi connectivity index (χ3v) is 8.46. The van der Waals surface area contributed by atoms with E-state index in [1.807, 2.05) is 124 Å². The Bertz CT molecular complexity index is 1770. The number of benzene rings is 4. The molecule has 2 N–H and O–H groups in total. The van der Waals surface area contributed by atoms with Crippen molar-refractivity contribution in [3.63, 3.8) is 0 Å². The van der Waals surface area contributed by atoms with Gasteiger partial charge >= 0.3 is 6.03 Å². The van der Waals surface area contributed by atoms with Crippen molar-refractivity contribution < 1.29 is 19.1 Å². The van der Waals surface area contributed by atoms with E-state index in [1.54, 1.807) is 9.80 Å². The number of nitrogens with zero attached hydrogens (tertiary/aromatic N) is 2. The van der Waals surface area contributed by atoms with Crippen molar-refractivity contribution in [3.05, 3.63) is 137 Å². The summed E-state index contributed by atoms with van der Waals surface area (Å²) < 4.78 is 6.06. The molecular formula is C37H36N4O4. The number of amides is 4. The van der Waals surface area contributed by atoms with E-state index in [1.165, 1.54) is 0 Å². The van der Waals surface area contributed by atoms with E-state index in [4.69, 9.17) is 4.74 Å². The largest absolute Gasteiger partial charge is 0.457 e. The van der Waals surface area contributed by atoms with E-state index in [0.717, 1.165) is 22.3 Å². The summed E-state index contributed by atoms with van der Waals surface area (Å²) in [4.78, 5) is 45.0. The van der Waals surface area contributed by atoms with Gasteiger partial charge in [0, 0.05) is 18.7 Å². The molecule has 0 fully saturated rings. The fourth-order valence-corrected chi connectivity index (χ4v) is 5.96. The van der Waals surface area contributed by atoms with Crippen LogP contribution < -0.4 is 15.4 Å². The molecule has 0 spiro atoms. The Labute approximate surface area is 263 Å². The van der Waals surface area contributed by atoms with Crippen LogP contribution in [0.5, 0.6) is 11.5 Å². The lowest BCUT2D eigenvalue weighted by Gasteiger charge is -2.33. The summed E-state index contributed by atoms with van der Waals surface area (Å²) in [5.74, 6) is 0.706. The van der Waals surface area contributed by atoms with Gasteiger partial charge in [-0.3, -0.25) is 14.5 Å². The summed E-state index contributed by atoms with van der Waals surface area (Å²) in [5, 5.41) is 6.09. The van der Waals surface area contributed by atoms with Crippen LogP contribution in [0.2, 0.25) is 0 Å². The molecule has 0 aromatic heterocycles. The Kier molecular flexibility index (Phi) is 8.38. The van der Waals surface area contributed by atoms with Gasteiger partial charge in [-0.15, -0.1) is 0 Å². The molecule has 4 aromatic carbocycles. The van der Waals surface area contributed by atoms with Gasteiger partial charge in [-0.25, -0.2) is 4.79 Å². The van der Waals surface area contributed by atoms with Gasteiger partial charge in [-0.05, 0) is 79.4 Å². The van der Waals surface area contributed by atoms with Gasteiger partial charge in [-0.1, -0.05) is 66.7 Å². The van der Waals surface area contributed by atoms with E-state index in [-0.39, 0.29) is 24.4 Å². The number of carbonyl (C=O) groups excluding carboxylic acids is 3. The van der Waals surface area contributed by atoms with Crippen molar-refractivity contribution in [2.75, 3.05) is 18.4 Å². The van der Waals surface area contributed by atoms with Crippen molar-refractivity contribution >= 4 is 23.5 Å². The minimum absolute atomic E-state index is 0.143. The Balaban J connectivity index is 1.34.